The van der Waals surface area contributed by atoms with Crippen molar-refractivity contribution in [2.75, 3.05) is 26.2 Å². The van der Waals surface area contributed by atoms with Crippen LogP contribution in [0, 0.1) is 0 Å². The maximum absolute atomic E-state index is 13.3. The molecular formula is C34H41ClN6O4. The van der Waals surface area contributed by atoms with E-state index in [1.807, 2.05) is 50.7 Å². The highest BCUT2D eigenvalue weighted by molar-refractivity contribution is 6.30. The summed E-state index contributed by atoms with van der Waals surface area (Å²) in [4.78, 5) is 39.6. The molecule has 45 heavy (non-hydrogen) atoms. The average Bonchev–Trinajstić information content (AvgIpc) is 3.64. The molecule has 238 valence electrons. The van der Waals surface area contributed by atoms with Crippen molar-refractivity contribution >= 4 is 35.1 Å². The van der Waals surface area contributed by atoms with Crippen molar-refractivity contribution in [2.45, 2.75) is 70.2 Å². The molecule has 4 aliphatic rings. The molecule has 1 N–H and O–H groups in total. The third-order valence-corrected chi connectivity index (χ3v) is 9.10. The molecule has 2 atom stereocenters. The molecule has 2 aliphatic heterocycles. The fourth-order valence-corrected chi connectivity index (χ4v) is 6.38. The number of nitrogens with one attached hydrogen (secondary N) is 1. The van der Waals surface area contributed by atoms with Gasteiger partial charge in [-0.05, 0) is 80.9 Å². The smallest absolute Gasteiger partial charge is 0.410 e. The van der Waals surface area contributed by atoms with Gasteiger partial charge in [0.1, 0.15) is 5.60 Å². The Hall–Kier alpha value is -3.89. The van der Waals surface area contributed by atoms with Gasteiger partial charge in [0.15, 0.2) is 0 Å². The van der Waals surface area contributed by atoms with E-state index in [4.69, 9.17) is 26.1 Å². The van der Waals surface area contributed by atoms with Gasteiger partial charge in [0.05, 0.1) is 42.1 Å². The maximum atomic E-state index is 13.3. The molecule has 1 aromatic heterocycles. The molecule has 1 saturated carbocycles. The van der Waals surface area contributed by atoms with E-state index in [0.717, 1.165) is 52.9 Å². The van der Waals surface area contributed by atoms with Gasteiger partial charge < -0.3 is 24.3 Å². The van der Waals surface area contributed by atoms with Crippen molar-refractivity contribution in [3.63, 3.8) is 0 Å². The summed E-state index contributed by atoms with van der Waals surface area (Å²) in [7, 11) is 1.92. The summed E-state index contributed by atoms with van der Waals surface area (Å²) in [6, 6.07) is 5.21. The molecule has 0 bridgehead atoms. The lowest BCUT2D eigenvalue weighted by atomic mass is 9.81. The zero-order valence-corrected chi connectivity index (χ0v) is 27.1. The quantitative estimate of drug-likeness (QED) is 0.397. The van der Waals surface area contributed by atoms with Gasteiger partial charge in [-0.25, -0.2) is 14.6 Å². The highest BCUT2D eigenvalue weighted by atomic mass is 35.5. The number of piperazine rings is 1. The monoisotopic (exact) mass is 632 g/mol. The Bertz CT molecular complexity index is 1580. The summed E-state index contributed by atoms with van der Waals surface area (Å²) in [5, 5.41) is 3.77. The van der Waals surface area contributed by atoms with E-state index >= 15 is 0 Å². The van der Waals surface area contributed by atoms with Crippen molar-refractivity contribution in [3.8, 4) is 0 Å². The van der Waals surface area contributed by atoms with E-state index in [1.165, 1.54) is 0 Å². The molecule has 6 rings (SSSR count). The van der Waals surface area contributed by atoms with Crippen LogP contribution >= 0.6 is 11.6 Å². The predicted octanol–water partition coefficient (Wildman–Crippen LogP) is 6.37. The predicted molar refractivity (Wildman–Crippen MR) is 174 cm³/mol. The number of hydrogen-bond donors (Lipinski definition) is 1. The van der Waals surface area contributed by atoms with Gasteiger partial charge in [-0.3, -0.25) is 9.89 Å². The van der Waals surface area contributed by atoms with Crippen molar-refractivity contribution in [3.05, 3.63) is 82.6 Å². The zero-order chi connectivity index (χ0) is 31.7. The first kappa shape index (κ1) is 31.1. The van der Waals surface area contributed by atoms with Crippen LogP contribution in [0.4, 0.5) is 9.59 Å². The normalized spacial score (nSPS) is 22.8. The molecule has 0 spiro atoms. The SMILES string of the molecule is CC(C)OC(=O)N1CCN(C2C3=NC=CCC=C3C/C=C(/C(NC(=O)OC3(C)CC3)c3cncn3C)c3cc(Cl)ccc32)CC1. The number of aryl methyl sites for hydroxylation is 1. The van der Waals surface area contributed by atoms with E-state index < -0.39 is 17.7 Å². The number of fused-ring (bicyclic) bond motifs is 2. The molecular weight excluding hydrogens is 592 g/mol. The van der Waals surface area contributed by atoms with Crippen LogP contribution < -0.4 is 5.32 Å². The van der Waals surface area contributed by atoms with E-state index in [0.29, 0.717) is 37.6 Å². The Kier molecular flexibility index (Phi) is 8.88. The summed E-state index contributed by atoms with van der Waals surface area (Å²) >= 11 is 6.71. The van der Waals surface area contributed by atoms with Crippen LogP contribution in [0.1, 0.15) is 75.4 Å². The lowest BCUT2D eigenvalue weighted by molar-refractivity contribution is 0.0537. The molecule has 2 fully saturated rings. The molecule has 3 heterocycles. The number of imidazole rings is 1. The number of nitrogens with zero attached hydrogens (tertiary/aromatic N) is 5. The van der Waals surface area contributed by atoms with Crippen molar-refractivity contribution in [1.82, 2.24) is 24.7 Å². The van der Waals surface area contributed by atoms with Crippen LogP contribution in [0.25, 0.3) is 5.57 Å². The number of aromatic nitrogens is 2. The largest absolute Gasteiger partial charge is 0.447 e. The summed E-state index contributed by atoms with van der Waals surface area (Å²) in [5.41, 5.74) is 5.37. The van der Waals surface area contributed by atoms with Crippen molar-refractivity contribution in [1.29, 1.82) is 0 Å². The van der Waals surface area contributed by atoms with Crippen LogP contribution in [0.2, 0.25) is 5.02 Å². The molecule has 1 aromatic carbocycles. The number of allylic oxidation sites excluding steroid dienone is 3. The first-order chi connectivity index (χ1) is 21.6. The Morgan fingerprint density at radius 1 is 1.13 bits per heavy atom. The highest BCUT2D eigenvalue weighted by Crippen LogP contribution is 2.43. The standard InChI is InChI=1S/C34H41ClN6O4/c1-22(2)44-33(43)41-17-15-40(16-18-41)31-26-11-9-24(35)19-27(26)25(10-8-23-7-5-6-14-37-29(23)31)30(28-20-36-21-39(28)4)38-32(42)45-34(3)12-13-34/h6-7,9-11,14,19-22,30-31H,5,8,12-13,15-18H2,1-4H3,(H,38,42)/b25-10+. The molecule has 11 heteroatoms. The van der Waals surface area contributed by atoms with Crippen LogP contribution in [0.5, 0.6) is 0 Å². The van der Waals surface area contributed by atoms with Crippen LogP contribution in [-0.4, -0.2) is 75.1 Å². The molecule has 2 unspecified atom stereocenters. The van der Waals surface area contributed by atoms with E-state index in [2.05, 4.69) is 39.5 Å². The molecule has 1 saturated heterocycles. The molecule has 10 nitrogen and oxygen atoms in total. The number of ether oxygens (including phenoxy) is 2. The lowest BCUT2D eigenvalue weighted by Crippen LogP contribution is -2.51. The van der Waals surface area contributed by atoms with Crippen LogP contribution in [-0.2, 0) is 16.5 Å². The van der Waals surface area contributed by atoms with Crippen molar-refractivity contribution < 1.29 is 19.1 Å². The average molecular weight is 633 g/mol. The highest BCUT2D eigenvalue weighted by Gasteiger charge is 2.43. The number of amides is 2. The third-order valence-electron chi connectivity index (χ3n) is 8.86. The second-order valence-electron chi connectivity index (χ2n) is 12.7. The first-order valence-electron chi connectivity index (χ1n) is 15.7. The number of hydrogen-bond acceptors (Lipinski definition) is 7. The van der Waals surface area contributed by atoms with Gasteiger partial charge in [0, 0.05) is 44.4 Å². The third kappa shape index (κ3) is 6.87. The summed E-state index contributed by atoms with van der Waals surface area (Å²) in [5.74, 6) is 0. The van der Waals surface area contributed by atoms with Gasteiger partial charge >= 0.3 is 12.2 Å². The fraction of sp³-hybridized carbons (Fsp3) is 0.471. The number of carbonyl (C=O) groups is 2. The Labute approximate surface area is 269 Å². The van der Waals surface area contributed by atoms with Gasteiger partial charge in [-0.15, -0.1) is 0 Å². The van der Waals surface area contributed by atoms with Gasteiger partial charge in [0.2, 0.25) is 0 Å². The Morgan fingerprint density at radius 2 is 1.91 bits per heavy atom. The molecule has 0 radical (unpaired) electrons. The number of aliphatic imine (C=N–C) groups is 1. The minimum atomic E-state index is -0.546. The topological polar surface area (TPSA) is 101 Å². The van der Waals surface area contributed by atoms with E-state index in [-0.39, 0.29) is 18.2 Å². The fourth-order valence-electron chi connectivity index (χ4n) is 6.21. The summed E-state index contributed by atoms with van der Waals surface area (Å²) < 4.78 is 13.2. The summed E-state index contributed by atoms with van der Waals surface area (Å²) in [6.45, 7) is 8.05. The Morgan fingerprint density at radius 3 is 2.60 bits per heavy atom. The number of rotatable bonds is 6. The second kappa shape index (κ2) is 12.8. The minimum absolute atomic E-state index is 0.173. The second-order valence-corrected chi connectivity index (χ2v) is 13.1. The zero-order valence-electron chi connectivity index (χ0n) is 26.3. The number of carbonyl (C=O) groups excluding carboxylic acids is 2. The van der Waals surface area contributed by atoms with E-state index in [1.54, 1.807) is 17.4 Å². The van der Waals surface area contributed by atoms with Crippen LogP contribution in [0.3, 0.4) is 0 Å². The lowest BCUT2D eigenvalue weighted by Gasteiger charge is -2.41. The van der Waals surface area contributed by atoms with E-state index in [9.17, 15) is 9.59 Å². The Balaban J connectivity index is 1.42. The molecule has 2 aromatic rings. The maximum Gasteiger partial charge on any atom is 0.410 e. The van der Waals surface area contributed by atoms with Gasteiger partial charge in [-0.1, -0.05) is 35.9 Å². The minimum Gasteiger partial charge on any atom is -0.447 e. The number of benzene rings is 1. The first-order valence-corrected chi connectivity index (χ1v) is 16.1. The van der Waals surface area contributed by atoms with Crippen LogP contribution in [0.15, 0.2) is 65.7 Å². The van der Waals surface area contributed by atoms with Gasteiger partial charge in [-0.2, -0.15) is 0 Å². The van der Waals surface area contributed by atoms with Crippen molar-refractivity contribution in [2.24, 2.45) is 12.0 Å². The number of halogens is 1. The molecule has 2 amide bonds. The molecule has 2 aliphatic carbocycles. The number of alkyl carbamates (subject to hydrolysis) is 1. The van der Waals surface area contributed by atoms with Gasteiger partial charge in [0.25, 0.3) is 0 Å². The summed E-state index contributed by atoms with van der Waals surface area (Å²) in [6.07, 6.45) is 14.0.